The number of amides is 2. The van der Waals surface area contributed by atoms with Gasteiger partial charge in [0.25, 0.3) is 0 Å². The number of aliphatic carboxylic acids is 1. The summed E-state index contributed by atoms with van der Waals surface area (Å²) in [4.78, 5) is 23.8. The van der Waals surface area contributed by atoms with Crippen molar-refractivity contribution < 1.29 is 14.7 Å². The van der Waals surface area contributed by atoms with E-state index < -0.39 is 18.5 Å². The van der Waals surface area contributed by atoms with Crippen LogP contribution in [0.15, 0.2) is 24.3 Å². The molecule has 0 aliphatic heterocycles. The smallest absolute Gasteiger partial charge is 0.323 e. The number of benzene rings is 1. The van der Waals surface area contributed by atoms with Gasteiger partial charge in [0.2, 0.25) is 0 Å². The number of para-hydroxylation sites is 2. The topological polar surface area (TPSA) is 95.7 Å². The molecule has 6 nitrogen and oxygen atoms in total. The van der Waals surface area contributed by atoms with Gasteiger partial charge in [0.15, 0.2) is 0 Å². The highest BCUT2D eigenvalue weighted by Crippen LogP contribution is 2.22. The van der Waals surface area contributed by atoms with Crippen LogP contribution in [0, 0.1) is 0 Å². The first-order valence-electron chi connectivity index (χ1n) is 5.68. The van der Waals surface area contributed by atoms with Gasteiger partial charge in [-0.15, -0.1) is 0 Å². The van der Waals surface area contributed by atoms with E-state index in [-0.39, 0.29) is 0 Å². The largest absolute Gasteiger partial charge is 0.480 e. The van der Waals surface area contributed by atoms with Crippen LogP contribution in [0.1, 0.15) is 13.3 Å². The zero-order valence-electron chi connectivity index (χ0n) is 10.2. The minimum Gasteiger partial charge on any atom is -0.480 e. The number of hydrogen-bond acceptors (Lipinski definition) is 3. The molecule has 0 aromatic heterocycles. The molecule has 4 N–H and O–H groups in total. The number of urea groups is 1. The Labute approximate surface area is 105 Å². The summed E-state index contributed by atoms with van der Waals surface area (Å²) in [5, 5.41) is 11.5. The van der Waals surface area contributed by atoms with Crippen molar-refractivity contribution in [3.8, 4) is 0 Å². The molecule has 0 bridgehead atoms. The minimum absolute atomic E-state index is 0.366. The maximum absolute atomic E-state index is 11.9. The van der Waals surface area contributed by atoms with Crippen LogP contribution in [0.2, 0.25) is 0 Å². The SMILES string of the molecule is CCCNC(=O)N(CC(=O)O)c1ccccc1N. The predicted molar refractivity (Wildman–Crippen MR) is 69.5 cm³/mol. The van der Waals surface area contributed by atoms with E-state index in [0.29, 0.717) is 17.9 Å². The van der Waals surface area contributed by atoms with Crippen molar-refractivity contribution in [1.82, 2.24) is 5.32 Å². The van der Waals surface area contributed by atoms with E-state index in [9.17, 15) is 9.59 Å². The maximum Gasteiger partial charge on any atom is 0.323 e. The molecule has 1 aromatic carbocycles. The van der Waals surface area contributed by atoms with Gasteiger partial charge in [-0.05, 0) is 18.6 Å². The van der Waals surface area contributed by atoms with Crippen molar-refractivity contribution in [2.45, 2.75) is 13.3 Å². The number of hydrogen-bond donors (Lipinski definition) is 3. The number of carbonyl (C=O) groups is 2. The lowest BCUT2D eigenvalue weighted by atomic mass is 10.2. The van der Waals surface area contributed by atoms with Crippen LogP contribution in [0.25, 0.3) is 0 Å². The third-order valence-corrected chi connectivity index (χ3v) is 2.29. The molecule has 1 aromatic rings. The molecule has 0 aliphatic rings. The number of carboxylic acids is 1. The van der Waals surface area contributed by atoms with Crippen molar-refractivity contribution in [2.24, 2.45) is 0 Å². The van der Waals surface area contributed by atoms with Crippen molar-refractivity contribution in [3.63, 3.8) is 0 Å². The molecule has 6 heteroatoms. The lowest BCUT2D eigenvalue weighted by Gasteiger charge is -2.22. The van der Waals surface area contributed by atoms with E-state index in [1.807, 2.05) is 6.92 Å². The van der Waals surface area contributed by atoms with Gasteiger partial charge in [-0.1, -0.05) is 19.1 Å². The van der Waals surface area contributed by atoms with Gasteiger partial charge >= 0.3 is 12.0 Å². The first-order valence-corrected chi connectivity index (χ1v) is 5.68. The monoisotopic (exact) mass is 251 g/mol. The molecule has 0 spiro atoms. The second-order valence-electron chi connectivity index (χ2n) is 3.77. The zero-order valence-corrected chi connectivity index (χ0v) is 10.2. The van der Waals surface area contributed by atoms with Gasteiger partial charge in [0.05, 0.1) is 11.4 Å². The fourth-order valence-electron chi connectivity index (χ4n) is 1.46. The number of carbonyl (C=O) groups excluding carboxylic acids is 1. The number of nitrogens with two attached hydrogens (primary N) is 1. The number of nitrogen functional groups attached to an aromatic ring is 1. The molecule has 0 fully saturated rings. The van der Waals surface area contributed by atoms with Gasteiger partial charge in [-0.3, -0.25) is 9.69 Å². The van der Waals surface area contributed by atoms with Crippen molar-refractivity contribution in [3.05, 3.63) is 24.3 Å². The Balaban J connectivity index is 2.94. The van der Waals surface area contributed by atoms with E-state index in [1.165, 1.54) is 0 Å². The lowest BCUT2D eigenvalue weighted by Crippen LogP contribution is -2.43. The highest BCUT2D eigenvalue weighted by molar-refractivity contribution is 5.98. The van der Waals surface area contributed by atoms with E-state index in [1.54, 1.807) is 24.3 Å². The average Bonchev–Trinajstić information content (AvgIpc) is 2.34. The van der Waals surface area contributed by atoms with Crippen molar-refractivity contribution in [1.29, 1.82) is 0 Å². The lowest BCUT2D eigenvalue weighted by molar-refractivity contribution is -0.135. The number of anilines is 2. The van der Waals surface area contributed by atoms with Crippen LogP contribution in [-0.2, 0) is 4.79 Å². The van der Waals surface area contributed by atoms with Crippen molar-refractivity contribution in [2.75, 3.05) is 23.7 Å². The van der Waals surface area contributed by atoms with Crippen molar-refractivity contribution >= 4 is 23.4 Å². The summed E-state index contributed by atoms with van der Waals surface area (Å²) < 4.78 is 0. The Morgan fingerprint density at radius 2 is 2.06 bits per heavy atom. The maximum atomic E-state index is 11.9. The zero-order chi connectivity index (χ0) is 13.5. The molecule has 0 radical (unpaired) electrons. The molecular formula is C12H17N3O3. The average molecular weight is 251 g/mol. The fourth-order valence-corrected chi connectivity index (χ4v) is 1.46. The summed E-state index contributed by atoms with van der Waals surface area (Å²) >= 11 is 0. The second kappa shape index (κ2) is 6.48. The minimum atomic E-state index is -1.09. The van der Waals surface area contributed by atoms with E-state index >= 15 is 0 Å². The molecule has 98 valence electrons. The van der Waals surface area contributed by atoms with Gasteiger partial charge in [-0.2, -0.15) is 0 Å². The normalized spacial score (nSPS) is 9.83. The number of nitrogens with zero attached hydrogens (tertiary/aromatic N) is 1. The highest BCUT2D eigenvalue weighted by atomic mass is 16.4. The molecule has 2 amide bonds. The number of nitrogens with one attached hydrogen (secondary N) is 1. The Kier molecular flexibility index (Phi) is 4.98. The first kappa shape index (κ1) is 13.8. The molecule has 0 atom stereocenters. The van der Waals surface area contributed by atoms with Crippen LogP contribution in [0.3, 0.4) is 0 Å². The molecule has 18 heavy (non-hydrogen) atoms. The van der Waals surface area contributed by atoms with E-state index in [2.05, 4.69) is 5.32 Å². The quantitative estimate of drug-likeness (QED) is 0.687. The molecule has 0 saturated heterocycles. The Morgan fingerprint density at radius 3 is 2.61 bits per heavy atom. The summed E-state index contributed by atoms with van der Waals surface area (Å²) in [5.41, 5.74) is 6.51. The number of rotatable bonds is 5. The van der Waals surface area contributed by atoms with Crippen LogP contribution in [0.4, 0.5) is 16.2 Å². The number of carboxylic acid groups (broad SMARTS) is 1. The Bertz CT molecular complexity index is 434. The Morgan fingerprint density at radius 1 is 1.39 bits per heavy atom. The van der Waals surface area contributed by atoms with E-state index in [0.717, 1.165) is 11.3 Å². The highest BCUT2D eigenvalue weighted by Gasteiger charge is 2.19. The summed E-state index contributed by atoms with van der Waals surface area (Å²) in [6.07, 6.45) is 0.775. The third kappa shape index (κ3) is 3.65. The standard InChI is InChI=1S/C12H17N3O3/c1-2-7-14-12(18)15(8-11(16)17)10-6-4-3-5-9(10)13/h3-6H,2,7-8,13H2,1H3,(H,14,18)(H,16,17). The molecule has 1 rings (SSSR count). The predicted octanol–water partition coefficient (Wildman–Crippen LogP) is 1.28. The third-order valence-electron chi connectivity index (χ3n) is 2.29. The van der Waals surface area contributed by atoms with Gasteiger partial charge < -0.3 is 16.2 Å². The molecule has 0 unspecified atom stereocenters. The van der Waals surface area contributed by atoms with Gasteiger partial charge in [0, 0.05) is 6.54 Å². The molecule has 0 saturated carbocycles. The fraction of sp³-hybridized carbons (Fsp3) is 0.333. The summed E-state index contributed by atoms with van der Waals surface area (Å²) in [5.74, 6) is -1.09. The molecule has 0 heterocycles. The second-order valence-corrected chi connectivity index (χ2v) is 3.77. The van der Waals surface area contributed by atoms with Crippen LogP contribution in [-0.4, -0.2) is 30.2 Å². The summed E-state index contributed by atoms with van der Waals surface area (Å²) in [6, 6.07) is 6.20. The molecular weight excluding hydrogens is 234 g/mol. The summed E-state index contributed by atoms with van der Waals surface area (Å²) in [7, 11) is 0. The van der Waals surface area contributed by atoms with Crippen LogP contribution >= 0.6 is 0 Å². The van der Waals surface area contributed by atoms with Gasteiger partial charge in [0.1, 0.15) is 6.54 Å². The van der Waals surface area contributed by atoms with Crippen LogP contribution < -0.4 is 16.0 Å². The molecule has 0 aliphatic carbocycles. The van der Waals surface area contributed by atoms with Gasteiger partial charge in [-0.25, -0.2) is 4.79 Å². The Hall–Kier alpha value is -2.24. The van der Waals surface area contributed by atoms with Crippen LogP contribution in [0.5, 0.6) is 0 Å². The summed E-state index contributed by atoms with van der Waals surface area (Å²) in [6.45, 7) is 1.98. The first-order chi connectivity index (χ1) is 8.56. The van der Waals surface area contributed by atoms with E-state index in [4.69, 9.17) is 10.8 Å².